The molecule has 2 heterocycles. The molecule has 5 nitrogen and oxygen atoms in total. The predicted molar refractivity (Wildman–Crippen MR) is 59.3 cm³/mol. The second-order valence-electron chi connectivity index (χ2n) is 3.89. The van der Waals surface area contributed by atoms with Crippen molar-refractivity contribution in [3.8, 4) is 5.88 Å². The summed E-state index contributed by atoms with van der Waals surface area (Å²) in [4.78, 5) is 0. The SMILES string of the molecule is CNC(c1ccc(OC)nn1)C1CCOC1. The van der Waals surface area contributed by atoms with Gasteiger partial charge >= 0.3 is 0 Å². The van der Waals surface area contributed by atoms with E-state index >= 15 is 0 Å². The molecule has 1 aromatic rings. The number of aromatic nitrogens is 2. The molecule has 1 fully saturated rings. The van der Waals surface area contributed by atoms with E-state index < -0.39 is 0 Å². The summed E-state index contributed by atoms with van der Waals surface area (Å²) in [6, 6.07) is 3.99. The van der Waals surface area contributed by atoms with E-state index in [4.69, 9.17) is 9.47 Å². The van der Waals surface area contributed by atoms with Gasteiger partial charge in [-0.05, 0) is 19.5 Å². The van der Waals surface area contributed by atoms with E-state index in [9.17, 15) is 0 Å². The Hall–Kier alpha value is -1.20. The number of hydrogen-bond donors (Lipinski definition) is 1. The highest BCUT2D eigenvalue weighted by atomic mass is 16.5. The summed E-state index contributed by atoms with van der Waals surface area (Å²) >= 11 is 0. The lowest BCUT2D eigenvalue weighted by Gasteiger charge is -2.20. The van der Waals surface area contributed by atoms with Gasteiger partial charge in [-0.2, -0.15) is 5.10 Å². The van der Waals surface area contributed by atoms with Crippen LogP contribution in [0.2, 0.25) is 0 Å². The average Bonchev–Trinajstić information content (AvgIpc) is 2.85. The first-order valence-corrected chi connectivity index (χ1v) is 5.47. The smallest absolute Gasteiger partial charge is 0.233 e. The first kappa shape index (κ1) is 11.3. The largest absolute Gasteiger partial charge is 0.480 e. The third kappa shape index (κ3) is 2.31. The Balaban J connectivity index is 2.12. The number of ether oxygens (including phenoxy) is 2. The quantitative estimate of drug-likeness (QED) is 0.817. The fraction of sp³-hybridized carbons (Fsp3) is 0.636. The number of hydrogen-bond acceptors (Lipinski definition) is 5. The molecule has 2 unspecified atom stereocenters. The molecule has 0 saturated carbocycles. The van der Waals surface area contributed by atoms with Crippen molar-refractivity contribution < 1.29 is 9.47 Å². The summed E-state index contributed by atoms with van der Waals surface area (Å²) in [6.45, 7) is 1.63. The molecule has 1 aromatic heterocycles. The van der Waals surface area contributed by atoms with Crippen LogP contribution in [-0.4, -0.2) is 37.6 Å². The van der Waals surface area contributed by atoms with Crippen molar-refractivity contribution >= 4 is 0 Å². The fourth-order valence-electron chi connectivity index (χ4n) is 2.05. The van der Waals surface area contributed by atoms with E-state index in [2.05, 4.69) is 15.5 Å². The summed E-state index contributed by atoms with van der Waals surface area (Å²) in [6.07, 6.45) is 1.07. The molecule has 0 spiro atoms. The van der Waals surface area contributed by atoms with Gasteiger partial charge in [0.15, 0.2) is 0 Å². The van der Waals surface area contributed by atoms with Crippen LogP contribution in [0.5, 0.6) is 5.88 Å². The molecule has 5 heteroatoms. The monoisotopic (exact) mass is 223 g/mol. The van der Waals surface area contributed by atoms with Gasteiger partial charge in [0.05, 0.1) is 25.5 Å². The molecule has 1 saturated heterocycles. The van der Waals surface area contributed by atoms with Gasteiger partial charge in [-0.15, -0.1) is 5.10 Å². The second-order valence-corrected chi connectivity index (χ2v) is 3.89. The fourth-order valence-corrected chi connectivity index (χ4v) is 2.05. The predicted octanol–water partition coefficient (Wildman–Crippen LogP) is 0.782. The van der Waals surface area contributed by atoms with Crippen LogP contribution in [0.15, 0.2) is 12.1 Å². The summed E-state index contributed by atoms with van der Waals surface area (Å²) < 4.78 is 10.4. The van der Waals surface area contributed by atoms with Gasteiger partial charge in [-0.3, -0.25) is 0 Å². The van der Waals surface area contributed by atoms with E-state index in [1.165, 1.54) is 0 Å². The van der Waals surface area contributed by atoms with Gasteiger partial charge in [0.1, 0.15) is 0 Å². The maximum absolute atomic E-state index is 5.39. The molecule has 0 amide bonds. The van der Waals surface area contributed by atoms with Crippen molar-refractivity contribution in [1.82, 2.24) is 15.5 Å². The van der Waals surface area contributed by atoms with Crippen LogP contribution in [0.4, 0.5) is 0 Å². The van der Waals surface area contributed by atoms with Gasteiger partial charge in [-0.1, -0.05) is 0 Å². The minimum Gasteiger partial charge on any atom is -0.480 e. The van der Waals surface area contributed by atoms with Crippen molar-refractivity contribution in [1.29, 1.82) is 0 Å². The molecule has 2 rings (SSSR count). The van der Waals surface area contributed by atoms with Crippen LogP contribution in [0.1, 0.15) is 18.2 Å². The Morgan fingerprint density at radius 2 is 2.38 bits per heavy atom. The van der Waals surface area contributed by atoms with E-state index in [0.29, 0.717) is 11.8 Å². The number of methoxy groups -OCH3 is 1. The zero-order chi connectivity index (χ0) is 11.4. The zero-order valence-electron chi connectivity index (χ0n) is 9.64. The summed E-state index contributed by atoms with van der Waals surface area (Å²) in [5.41, 5.74) is 0.943. The van der Waals surface area contributed by atoms with Crippen molar-refractivity contribution in [2.45, 2.75) is 12.5 Å². The first-order chi connectivity index (χ1) is 7.85. The Morgan fingerprint density at radius 3 is 2.88 bits per heavy atom. The number of rotatable bonds is 4. The maximum Gasteiger partial charge on any atom is 0.233 e. The van der Waals surface area contributed by atoms with E-state index in [1.807, 2.05) is 19.2 Å². The summed E-state index contributed by atoms with van der Waals surface area (Å²) in [7, 11) is 3.53. The molecule has 1 aliphatic heterocycles. The topological polar surface area (TPSA) is 56.3 Å². The minimum atomic E-state index is 0.209. The van der Waals surface area contributed by atoms with Crippen LogP contribution in [0, 0.1) is 5.92 Å². The van der Waals surface area contributed by atoms with Crippen LogP contribution in [0.3, 0.4) is 0 Å². The summed E-state index contributed by atoms with van der Waals surface area (Å²) in [5.74, 6) is 1.02. The first-order valence-electron chi connectivity index (χ1n) is 5.47. The van der Waals surface area contributed by atoms with Gasteiger partial charge in [0.25, 0.3) is 0 Å². The van der Waals surface area contributed by atoms with Crippen LogP contribution < -0.4 is 10.1 Å². The van der Waals surface area contributed by atoms with Crippen molar-refractivity contribution in [2.75, 3.05) is 27.4 Å². The van der Waals surface area contributed by atoms with E-state index in [-0.39, 0.29) is 6.04 Å². The molecule has 0 bridgehead atoms. The highest BCUT2D eigenvalue weighted by molar-refractivity contribution is 5.15. The van der Waals surface area contributed by atoms with Gasteiger partial charge in [0.2, 0.25) is 5.88 Å². The molecule has 1 N–H and O–H groups in total. The lowest BCUT2D eigenvalue weighted by Crippen LogP contribution is -2.26. The lowest BCUT2D eigenvalue weighted by atomic mass is 9.96. The van der Waals surface area contributed by atoms with Gasteiger partial charge in [-0.25, -0.2) is 0 Å². The molecular formula is C11H17N3O2. The molecule has 16 heavy (non-hydrogen) atoms. The lowest BCUT2D eigenvalue weighted by molar-refractivity contribution is 0.177. The molecular weight excluding hydrogens is 206 g/mol. The van der Waals surface area contributed by atoms with Crippen molar-refractivity contribution in [2.24, 2.45) is 5.92 Å². The van der Waals surface area contributed by atoms with E-state index in [0.717, 1.165) is 25.3 Å². The Kier molecular flexibility index (Phi) is 3.69. The average molecular weight is 223 g/mol. The van der Waals surface area contributed by atoms with Crippen LogP contribution in [0.25, 0.3) is 0 Å². The summed E-state index contributed by atoms with van der Waals surface area (Å²) in [5, 5.41) is 11.4. The normalized spacial score (nSPS) is 22.0. The second kappa shape index (κ2) is 5.23. The van der Waals surface area contributed by atoms with Gasteiger partial charge in [0, 0.05) is 18.6 Å². The molecule has 0 aromatic carbocycles. The Bertz CT molecular complexity index is 323. The maximum atomic E-state index is 5.39. The van der Waals surface area contributed by atoms with Crippen LogP contribution in [-0.2, 0) is 4.74 Å². The zero-order valence-corrected chi connectivity index (χ0v) is 9.64. The molecule has 88 valence electrons. The highest BCUT2D eigenvalue weighted by Gasteiger charge is 2.27. The van der Waals surface area contributed by atoms with Crippen molar-refractivity contribution in [3.05, 3.63) is 17.8 Å². The molecule has 1 aliphatic rings. The third-order valence-electron chi connectivity index (χ3n) is 2.94. The highest BCUT2D eigenvalue weighted by Crippen LogP contribution is 2.27. The Morgan fingerprint density at radius 1 is 1.50 bits per heavy atom. The van der Waals surface area contributed by atoms with Crippen molar-refractivity contribution in [3.63, 3.8) is 0 Å². The molecule has 2 atom stereocenters. The number of nitrogens with zero attached hydrogens (tertiary/aromatic N) is 2. The molecule has 0 aliphatic carbocycles. The molecule has 0 radical (unpaired) electrons. The standard InChI is InChI=1S/C11H17N3O2/c1-12-11(8-5-6-16-7-8)9-3-4-10(15-2)14-13-9/h3-4,8,11-12H,5-7H2,1-2H3. The Labute approximate surface area is 95.2 Å². The minimum absolute atomic E-state index is 0.209. The van der Waals surface area contributed by atoms with Crippen LogP contribution >= 0.6 is 0 Å². The number of nitrogens with one attached hydrogen (secondary N) is 1. The van der Waals surface area contributed by atoms with E-state index in [1.54, 1.807) is 7.11 Å². The third-order valence-corrected chi connectivity index (χ3v) is 2.94. The van der Waals surface area contributed by atoms with Gasteiger partial charge < -0.3 is 14.8 Å².